The van der Waals surface area contributed by atoms with Crippen molar-refractivity contribution in [3.8, 4) is 5.69 Å². The van der Waals surface area contributed by atoms with Gasteiger partial charge in [0.25, 0.3) is 11.8 Å². The molecule has 0 spiro atoms. The molecule has 5 rings (SSSR count). The lowest BCUT2D eigenvalue weighted by atomic mass is 10.0. The summed E-state index contributed by atoms with van der Waals surface area (Å²) < 4.78 is 3.10. The molecule has 168 valence electrons. The van der Waals surface area contributed by atoms with Gasteiger partial charge in [-0.1, -0.05) is 5.21 Å². The Bertz CT molecular complexity index is 1290. The van der Waals surface area contributed by atoms with Crippen LogP contribution in [0.5, 0.6) is 0 Å². The first-order valence-corrected chi connectivity index (χ1v) is 10.3. The monoisotopic (exact) mass is 449 g/mol. The molecule has 1 saturated heterocycles. The van der Waals surface area contributed by atoms with Gasteiger partial charge in [0.05, 0.1) is 11.9 Å². The van der Waals surface area contributed by atoms with Crippen LogP contribution in [0.3, 0.4) is 0 Å². The van der Waals surface area contributed by atoms with Gasteiger partial charge in [-0.25, -0.2) is 4.68 Å². The number of hydrogen-bond donors (Lipinski definition) is 2. The highest BCUT2D eigenvalue weighted by molar-refractivity contribution is 6.05. The zero-order valence-corrected chi connectivity index (χ0v) is 17.6. The first-order valence-electron chi connectivity index (χ1n) is 10.3. The zero-order valence-electron chi connectivity index (χ0n) is 17.6. The highest BCUT2D eigenvalue weighted by atomic mass is 16.2. The third-order valence-corrected chi connectivity index (χ3v) is 5.68. The number of hydrogen-bond acceptors (Lipinski definition) is 8. The van der Waals surface area contributed by atoms with Crippen LogP contribution in [0.25, 0.3) is 5.69 Å². The van der Waals surface area contributed by atoms with E-state index in [1.165, 1.54) is 22.1 Å². The van der Waals surface area contributed by atoms with Crippen LogP contribution in [0, 0.1) is 0 Å². The lowest BCUT2D eigenvalue weighted by Crippen LogP contribution is -2.52. The Morgan fingerprint density at radius 1 is 1.24 bits per heavy atom. The van der Waals surface area contributed by atoms with E-state index in [1.807, 2.05) is 6.92 Å². The highest BCUT2D eigenvalue weighted by Gasteiger charge is 2.39. The molecule has 2 aliphatic heterocycles. The second-order valence-electron chi connectivity index (χ2n) is 7.68. The number of piperidine rings is 1. The van der Waals surface area contributed by atoms with Crippen molar-refractivity contribution in [1.29, 1.82) is 0 Å². The van der Waals surface area contributed by atoms with E-state index in [-0.39, 0.29) is 30.5 Å². The molecular weight excluding hydrogens is 430 g/mol. The number of benzene rings is 1. The number of aromatic nitrogens is 6. The smallest absolute Gasteiger partial charge is 0.280 e. The minimum absolute atomic E-state index is 0.0856. The van der Waals surface area contributed by atoms with Crippen LogP contribution in [0.2, 0.25) is 0 Å². The molecule has 1 unspecified atom stereocenters. The van der Waals surface area contributed by atoms with Crippen LogP contribution < -0.4 is 10.6 Å². The minimum atomic E-state index is -0.683. The summed E-state index contributed by atoms with van der Waals surface area (Å²) in [4.78, 5) is 50.4. The number of carbonyl (C=O) groups is 4. The van der Waals surface area contributed by atoms with Gasteiger partial charge in [0.1, 0.15) is 12.4 Å². The van der Waals surface area contributed by atoms with E-state index < -0.39 is 17.9 Å². The summed E-state index contributed by atoms with van der Waals surface area (Å²) in [5.41, 5.74) is 1.90. The highest BCUT2D eigenvalue weighted by Crippen LogP contribution is 2.29. The van der Waals surface area contributed by atoms with Gasteiger partial charge < -0.3 is 4.90 Å². The molecule has 1 atom stereocenters. The number of fused-ring (bicyclic) bond motifs is 1. The van der Waals surface area contributed by atoms with Crippen molar-refractivity contribution in [3.63, 3.8) is 0 Å². The van der Waals surface area contributed by atoms with E-state index in [0.717, 1.165) is 5.56 Å². The molecule has 4 heterocycles. The van der Waals surface area contributed by atoms with Gasteiger partial charge in [0.2, 0.25) is 17.8 Å². The Morgan fingerprint density at radius 2 is 2.09 bits per heavy atom. The lowest BCUT2D eigenvalue weighted by Gasteiger charge is -2.29. The summed E-state index contributed by atoms with van der Waals surface area (Å²) in [6, 6.07) is 4.43. The normalized spacial score (nSPS) is 17.8. The summed E-state index contributed by atoms with van der Waals surface area (Å²) in [7, 11) is 0. The first-order chi connectivity index (χ1) is 15.9. The number of aryl methyl sites for hydroxylation is 1. The standard InChI is InChI=1S/C20H19N9O4/c1-2-27-10-21-25-20(27)23-17(31)14-9-29(26-24-14)12-3-4-13-11(7-12)8-28(19(13)33)15-5-6-16(30)22-18(15)32/h3-4,7,9-10,15H,2,5-6,8H2,1H3,(H,22,30,32)(H,23,25,31). The van der Waals surface area contributed by atoms with Crippen LogP contribution in [-0.4, -0.2) is 64.3 Å². The molecule has 0 radical (unpaired) electrons. The molecule has 1 fully saturated rings. The average Bonchev–Trinajstić information content (AvgIpc) is 3.53. The van der Waals surface area contributed by atoms with Gasteiger partial charge >= 0.3 is 0 Å². The van der Waals surface area contributed by atoms with Gasteiger partial charge in [0.15, 0.2) is 5.69 Å². The van der Waals surface area contributed by atoms with Crippen molar-refractivity contribution in [2.45, 2.75) is 38.9 Å². The third kappa shape index (κ3) is 3.62. The fourth-order valence-corrected chi connectivity index (χ4v) is 3.95. The lowest BCUT2D eigenvalue weighted by molar-refractivity contribution is -0.136. The van der Waals surface area contributed by atoms with E-state index >= 15 is 0 Å². The number of anilines is 1. The summed E-state index contributed by atoms with van der Waals surface area (Å²) >= 11 is 0. The Morgan fingerprint density at radius 3 is 2.88 bits per heavy atom. The topological polar surface area (TPSA) is 157 Å². The van der Waals surface area contributed by atoms with E-state index in [9.17, 15) is 19.2 Å². The zero-order chi connectivity index (χ0) is 23.1. The summed E-state index contributed by atoms with van der Waals surface area (Å²) in [6.45, 7) is 2.73. The molecule has 4 amide bonds. The van der Waals surface area contributed by atoms with Crippen LogP contribution in [0.4, 0.5) is 5.95 Å². The summed E-state index contributed by atoms with van der Waals surface area (Å²) in [5.74, 6) is -1.22. The van der Waals surface area contributed by atoms with Crippen molar-refractivity contribution in [2.75, 3.05) is 5.32 Å². The number of nitrogens with one attached hydrogen (secondary N) is 2. The van der Waals surface area contributed by atoms with Crippen molar-refractivity contribution >= 4 is 29.6 Å². The molecule has 2 N–H and O–H groups in total. The number of rotatable bonds is 5. The van der Waals surface area contributed by atoms with Gasteiger partial charge in [-0.3, -0.25) is 34.4 Å². The number of nitrogens with zero attached hydrogens (tertiary/aromatic N) is 7. The molecule has 2 aromatic heterocycles. The Balaban J connectivity index is 1.33. The second-order valence-corrected chi connectivity index (χ2v) is 7.68. The third-order valence-electron chi connectivity index (χ3n) is 5.68. The second kappa shape index (κ2) is 7.93. The first kappa shape index (κ1) is 20.5. The van der Waals surface area contributed by atoms with Gasteiger partial charge in [-0.15, -0.1) is 15.3 Å². The Labute approximate surface area is 186 Å². The molecule has 0 bridgehead atoms. The van der Waals surface area contributed by atoms with E-state index in [1.54, 1.807) is 22.8 Å². The quantitative estimate of drug-likeness (QED) is 0.511. The molecular formula is C20H19N9O4. The van der Waals surface area contributed by atoms with E-state index in [2.05, 4.69) is 31.1 Å². The molecule has 0 saturated carbocycles. The maximum Gasteiger partial charge on any atom is 0.280 e. The number of imide groups is 1. The molecule has 3 aromatic rings. The molecule has 33 heavy (non-hydrogen) atoms. The van der Waals surface area contributed by atoms with E-state index in [0.29, 0.717) is 30.2 Å². The number of carbonyl (C=O) groups excluding carboxylic acids is 4. The minimum Gasteiger partial charge on any atom is -0.322 e. The van der Waals surface area contributed by atoms with Crippen molar-refractivity contribution in [1.82, 2.24) is 40.0 Å². The van der Waals surface area contributed by atoms with Crippen LogP contribution >= 0.6 is 0 Å². The van der Waals surface area contributed by atoms with Crippen LogP contribution in [0.15, 0.2) is 30.7 Å². The average molecular weight is 449 g/mol. The van der Waals surface area contributed by atoms with Gasteiger partial charge in [-0.05, 0) is 37.1 Å². The molecule has 0 aliphatic carbocycles. The van der Waals surface area contributed by atoms with Crippen molar-refractivity contribution in [2.24, 2.45) is 0 Å². The SMILES string of the molecule is CCn1cnnc1NC(=O)c1cn(-c2ccc3c(c2)CN(C2CCC(=O)NC2=O)C3=O)nn1. The molecule has 13 nitrogen and oxygen atoms in total. The fraction of sp³-hybridized carbons (Fsp3) is 0.300. The Hall–Kier alpha value is -4.42. The predicted octanol–water partition coefficient (Wildman–Crippen LogP) is -0.108. The van der Waals surface area contributed by atoms with Crippen molar-refractivity contribution < 1.29 is 19.2 Å². The van der Waals surface area contributed by atoms with Crippen LogP contribution in [-0.2, 0) is 22.7 Å². The molecule has 13 heteroatoms. The number of amides is 4. The van der Waals surface area contributed by atoms with Crippen molar-refractivity contribution in [3.05, 3.63) is 47.5 Å². The molecule has 2 aliphatic rings. The maximum atomic E-state index is 12.8. The largest absolute Gasteiger partial charge is 0.322 e. The maximum absolute atomic E-state index is 12.8. The van der Waals surface area contributed by atoms with E-state index in [4.69, 9.17) is 0 Å². The fourth-order valence-electron chi connectivity index (χ4n) is 3.95. The van der Waals surface area contributed by atoms with Crippen LogP contribution in [0.1, 0.15) is 46.2 Å². The summed E-state index contributed by atoms with van der Waals surface area (Å²) in [5, 5.41) is 20.5. The van der Waals surface area contributed by atoms with Gasteiger partial charge in [-0.2, -0.15) is 0 Å². The molecule has 1 aromatic carbocycles. The predicted molar refractivity (Wildman–Crippen MR) is 111 cm³/mol. The van der Waals surface area contributed by atoms with Gasteiger partial charge in [0, 0.05) is 25.1 Å². The Kier molecular flexibility index (Phi) is 4.92. The summed E-state index contributed by atoms with van der Waals surface area (Å²) in [6.07, 6.45) is 3.47.